The van der Waals surface area contributed by atoms with Crippen molar-refractivity contribution >= 4 is 0 Å². The number of hydrogen-bond acceptors (Lipinski definition) is 5. The summed E-state index contributed by atoms with van der Waals surface area (Å²) in [5.74, 6) is 1.51. The van der Waals surface area contributed by atoms with Gasteiger partial charge in [0.1, 0.15) is 5.75 Å². The van der Waals surface area contributed by atoms with E-state index in [1.807, 2.05) is 32.0 Å². The van der Waals surface area contributed by atoms with Crippen molar-refractivity contribution in [1.82, 2.24) is 10.1 Å². The fourth-order valence-corrected chi connectivity index (χ4v) is 1.74. The maximum Gasteiger partial charge on any atom is 0.228 e. The van der Waals surface area contributed by atoms with Gasteiger partial charge in [0, 0.05) is 6.42 Å². The molecule has 0 aliphatic rings. The monoisotopic (exact) mass is 257 g/mol. The van der Waals surface area contributed by atoms with Gasteiger partial charge in [0.2, 0.25) is 11.7 Å². The van der Waals surface area contributed by atoms with Gasteiger partial charge in [0.05, 0.1) is 24.7 Å². The number of aromatic nitrogens is 2. The van der Waals surface area contributed by atoms with E-state index in [2.05, 4.69) is 16.2 Å². The highest BCUT2D eigenvalue weighted by atomic mass is 16.5. The van der Waals surface area contributed by atoms with Crippen molar-refractivity contribution in [3.05, 3.63) is 29.7 Å². The number of hydrogen-bond donors (Lipinski definition) is 0. The fourth-order valence-electron chi connectivity index (χ4n) is 1.74. The molecule has 0 aliphatic heterocycles. The van der Waals surface area contributed by atoms with Crippen LogP contribution in [0.3, 0.4) is 0 Å². The Labute approximate surface area is 111 Å². The molecule has 5 nitrogen and oxygen atoms in total. The van der Waals surface area contributed by atoms with Crippen LogP contribution in [0.2, 0.25) is 0 Å². The average Bonchev–Trinajstić information content (AvgIpc) is 2.86. The molecular weight excluding hydrogens is 242 g/mol. The highest BCUT2D eigenvalue weighted by molar-refractivity contribution is 5.64. The van der Waals surface area contributed by atoms with E-state index in [0.29, 0.717) is 23.9 Å². The largest absolute Gasteiger partial charge is 0.496 e. The third kappa shape index (κ3) is 2.91. The molecule has 0 spiro atoms. The van der Waals surface area contributed by atoms with Crippen molar-refractivity contribution in [1.29, 1.82) is 5.26 Å². The Bertz CT molecular complexity index is 613. The smallest absolute Gasteiger partial charge is 0.228 e. The first kappa shape index (κ1) is 13.1. The normalized spacial score (nSPS) is 11.9. The Morgan fingerprint density at radius 2 is 2.26 bits per heavy atom. The summed E-state index contributed by atoms with van der Waals surface area (Å²) in [5.41, 5.74) is 1.88. The lowest BCUT2D eigenvalue weighted by molar-refractivity contribution is 0.369. The maximum absolute atomic E-state index is 8.77. The fraction of sp³-hybridized carbons (Fsp3) is 0.357. The summed E-state index contributed by atoms with van der Waals surface area (Å²) in [7, 11) is 1.61. The average molecular weight is 257 g/mol. The van der Waals surface area contributed by atoms with Crippen LogP contribution in [-0.4, -0.2) is 17.3 Å². The number of rotatable bonds is 4. The summed E-state index contributed by atoms with van der Waals surface area (Å²) in [6, 6.07) is 7.92. The zero-order valence-electron chi connectivity index (χ0n) is 11.2. The van der Waals surface area contributed by atoms with Crippen molar-refractivity contribution in [2.24, 2.45) is 5.92 Å². The summed E-state index contributed by atoms with van der Waals surface area (Å²) >= 11 is 0. The molecule has 19 heavy (non-hydrogen) atoms. The molecule has 0 amide bonds. The molecule has 0 saturated heterocycles. The first-order valence-electron chi connectivity index (χ1n) is 6.01. The molecule has 2 rings (SSSR count). The summed E-state index contributed by atoms with van der Waals surface area (Å²) in [4.78, 5) is 4.30. The third-order valence-corrected chi connectivity index (χ3v) is 2.77. The van der Waals surface area contributed by atoms with Crippen LogP contribution in [0.1, 0.15) is 18.4 Å². The molecular formula is C14H15N3O2. The number of nitriles is 1. The van der Waals surface area contributed by atoms with Gasteiger partial charge in [-0.2, -0.15) is 10.2 Å². The van der Waals surface area contributed by atoms with E-state index in [9.17, 15) is 0 Å². The van der Waals surface area contributed by atoms with Crippen LogP contribution in [0.5, 0.6) is 5.75 Å². The van der Waals surface area contributed by atoms with Gasteiger partial charge in [-0.15, -0.1) is 0 Å². The molecule has 98 valence electrons. The van der Waals surface area contributed by atoms with Crippen LogP contribution in [0.25, 0.3) is 11.4 Å². The first-order chi connectivity index (χ1) is 9.13. The topological polar surface area (TPSA) is 71.9 Å². The quantitative estimate of drug-likeness (QED) is 0.842. The van der Waals surface area contributed by atoms with E-state index < -0.39 is 0 Å². The summed E-state index contributed by atoms with van der Waals surface area (Å²) in [6.07, 6.45) is 0.456. The minimum atomic E-state index is -0.145. The number of methoxy groups -OCH3 is 1. The van der Waals surface area contributed by atoms with Crippen molar-refractivity contribution < 1.29 is 9.26 Å². The van der Waals surface area contributed by atoms with Crippen LogP contribution in [-0.2, 0) is 6.42 Å². The van der Waals surface area contributed by atoms with Gasteiger partial charge in [-0.3, -0.25) is 0 Å². The Kier molecular flexibility index (Phi) is 3.81. The molecule has 2 aromatic rings. The molecule has 0 aliphatic carbocycles. The SMILES string of the molecule is COc1cc(C)ccc1-c1noc(CC(C)C#N)n1. The number of benzene rings is 1. The standard InChI is InChI=1S/C14H15N3O2/c1-9-4-5-11(12(6-9)18-3)14-16-13(19-17-14)7-10(2)8-15/h4-6,10H,7H2,1-3H3. The van der Waals surface area contributed by atoms with Crippen molar-refractivity contribution in [3.63, 3.8) is 0 Å². The Hall–Kier alpha value is -2.35. The van der Waals surface area contributed by atoms with Gasteiger partial charge in [-0.1, -0.05) is 11.2 Å². The molecule has 0 saturated carbocycles. The Morgan fingerprint density at radius 1 is 1.47 bits per heavy atom. The van der Waals surface area contributed by atoms with Crippen molar-refractivity contribution in [2.45, 2.75) is 20.3 Å². The predicted octanol–water partition coefficient (Wildman–Crippen LogP) is 2.76. The van der Waals surface area contributed by atoms with Crippen LogP contribution in [0, 0.1) is 24.2 Å². The highest BCUT2D eigenvalue weighted by Gasteiger charge is 2.15. The van der Waals surface area contributed by atoms with E-state index in [1.165, 1.54) is 0 Å². The Morgan fingerprint density at radius 3 is 2.95 bits per heavy atom. The molecule has 1 aromatic carbocycles. The van der Waals surface area contributed by atoms with Gasteiger partial charge < -0.3 is 9.26 Å². The van der Waals surface area contributed by atoms with Crippen LogP contribution < -0.4 is 4.74 Å². The molecule has 1 atom stereocenters. The molecule has 0 bridgehead atoms. The second-order valence-electron chi connectivity index (χ2n) is 4.45. The zero-order chi connectivity index (χ0) is 13.8. The van der Waals surface area contributed by atoms with E-state index in [4.69, 9.17) is 14.5 Å². The molecule has 1 unspecified atom stereocenters. The van der Waals surface area contributed by atoms with Crippen molar-refractivity contribution in [3.8, 4) is 23.2 Å². The van der Waals surface area contributed by atoms with E-state index in [-0.39, 0.29) is 5.92 Å². The molecule has 0 radical (unpaired) electrons. The summed E-state index contributed by atoms with van der Waals surface area (Å²) in [5, 5.41) is 12.7. The summed E-state index contributed by atoms with van der Waals surface area (Å²) < 4.78 is 10.5. The van der Waals surface area contributed by atoms with Gasteiger partial charge in [-0.25, -0.2) is 0 Å². The number of aryl methyl sites for hydroxylation is 1. The lowest BCUT2D eigenvalue weighted by atomic mass is 10.1. The second-order valence-corrected chi connectivity index (χ2v) is 4.45. The molecule has 1 heterocycles. The number of nitrogens with zero attached hydrogens (tertiary/aromatic N) is 3. The van der Waals surface area contributed by atoms with Crippen LogP contribution >= 0.6 is 0 Å². The lowest BCUT2D eigenvalue weighted by Crippen LogP contribution is -1.96. The lowest BCUT2D eigenvalue weighted by Gasteiger charge is -2.05. The predicted molar refractivity (Wildman–Crippen MR) is 69.5 cm³/mol. The van der Waals surface area contributed by atoms with Gasteiger partial charge >= 0.3 is 0 Å². The zero-order valence-corrected chi connectivity index (χ0v) is 11.2. The van der Waals surface area contributed by atoms with E-state index in [0.717, 1.165) is 11.1 Å². The molecule has 0 fully saturated rings. The third-order valence-electron chi connectivity index (χ3n) is 2.77. The van der Waals surface area contributed by atoms with E-state index in [1.54, 1.807) is 7.11 Å². The number of ether oxygens (including phenoxy) is 1. The minimum absolute atomic E-state index is 0.145. The highest BCUT2D eigenvalue weighted by Crippen LogP contribution is 2.28. The molecule has 0 N–H and O–H groups in total. The van der Waals surface area contributed by atoms with Gasteiger partial charge in [0.25, 0.3) is 0 Å². The van der Waals surface area contributed by atoms with Gasteiger partial charge in [0.15, 0.2) is 0 Å². The molecule has 1 aromatic heterocycles. The summed E-state index contributed by atoms with van der Waals surface area (Å²) in [6.45, 7) is 3.80. The van der Waals surface area contributed by atoms with Crippen LogP contribution in [0.4, 0.5) is 0 Å². The minimum Gasteiger partial charge on any atom is -0.496 e. The first-order valence-corrected chi connectivity index (χ1v) is 6.01. The maximum atomic E-state index is 8.77. The van der Waals surface area contributed by atoms with Crippen LogP contribution in [0.15, 0.2) is 22.7 Å². The second kappa shape index (κ2) is 5.53. The Balaban J connectivity index is 2.30. The van der Waals surface area contributed by atoms with Crippen molar-refractivity contribution in [2.75, 3.05) is 7.11 Å². The van der Waals surface area contributed by atoms with E-state index >= 15 is 0 Å². The van der Waals surface area contributed by atoms with Gasteiger partial charge in [-0.05, 0) is 31.5 Å². The molecule has 5 heteroatoms.